The fraction of sp³-hybridized carbons (Fsp3) is 0.125. The molecule has 0 spiro atoms. The van der Waals surface area contributed by atoms with Crippen LogP contribution in [0.25, 0.3) is 0 Å². The van der Waals surface area contributed by atoms with E-state index in [1.165, 1.54) is 12.1 Å². The smallest absolute Gasteiger partial charge is 0.347 e. The van der Waals surface area contributed by atoms with E-state index in [4.69, 9.17) is 9.47 Å². The van der Waals surface area contributed by atoms with E-state index in [1.54, 1.807) is 30.3 Å². The van der Waals surface area contributed by atoms with Crippen LogP contribution in [0.15, 0.2) is 97.3 Å². The van der Waals surface area contributed by atoms with Gasteiger partial charge in [0.15, 0.2) is 0 Å². The second-order valence-electron chi connectivity index (χ2n) is 9.82. The van der Waals surface area contributed by atoms with Gasteiger partial charge in [-0.1, -0.05) is 45.2 Å². The van der Waals surface area contributed by atoms with Crippen LogP contribution in [0.2, 0.25) is 0 Å². The molecule has 3 aromatic carbocycles. The zero-order valence-corrected chi connectivity index (χ0v) is 21.8. The second kappa shape index (κ2) is 10.1. The van der Waals surface area contributed by atoms with Gasteiger partial charge in [0.25, 0.3) is 0 Å². The van der Waals surface area contributed by atoms with E-state index in [9.17, 15) is 19.2 Å². The van der Waals surface area contributed by atoms with Crippen molar-refractivity contribution in [2.75, 3.05) is 0 Å². The van der Waals surface area contributed by atoms with Gasteiger partial charge in [0.2, 0.25) is 0 Å². The number of cyclic esters (lactones) is 4. The van der Waals surface area contributed by atoms with Crippen LogP contribution in [-0.2, 0) is 26.1 Å². The van der Waals surface area contributed by atoms with Gasteiger partial charge in [-0.05, 0) is 71.3 Å². The quantitative estimate of drug-likeness (QED) is 0.149. The van der Waals surface area contributed by atoms with Crippen molar-refractivity contribution in [3.8, 4) is 17.2 Å². The van der Waals surface area contributed by atoms with Crippen LogP contribution in [-0.4, -0.2) is 23.9 Å². The van der Waals surface area contributed by atoms with Crippen molar-refractivity contribution in [1.29, 1.82) is 0 Å². The molecule has 0 radical (unpaired) electrons. The third-order valence-corrected chi connectivity index (χ3v) is 6.79. The predicted octanol–water partition coefficient (Wildman–Crippen LogP) is 6.01. The van der Waals surface area contributed by atoms with Crippen molar-refractivity contribution in [3.63, 3.8) is 0 Å². The van der Waals surface area contributed by atoms with Crippen molar-refractivity contribution in [2.24, 2.45) is 0 Å². The highest BCUT2D eigenvalue weighted by Gasteiger charge is 2.30. The van der Waals surface area contributed by atoms with Crippen LogP contribution in [0.3, 0.4) is 0 Å². The van der Waals surface area contributed by atoms with Crippen LogP contribution in [0, 0.1) is 0 Å². The lowest BCUT2D eigenvalue weighted by Crippen LogP contribution is -2.22. The van der Waals surface area contributed by atoms with E-state index in [0.29, 0.717) is 34.1 Å². The monoisotopic (exact) mass is 536 g/mol. The van der Waals surface area contributed by atoms with Crippen molar-refractivity contribution in [1.82, 2.24) is 0 Å². The molecule has 0 saturated carbocycles. The average Bonchev–Trinajstić information content (AvgIpc) is 3.19. The van der Waals surface area contributed by atoms with Crippen molar-refractivity contribution >= 4 is 23.9 Å². The molecule has 0 saturated heterocycles. The Labute approximate surface area is 230 Å². The number of benzene rings is 3. The molecule has 3 aromatic rings. The number of rotatable bonds is 8. The molecule has 5 rings (SSSR count). The molecule has 2 aliphatic rings. The van der Waals surface area contributed by atoms with Gasteiger partial charge in [-0.3, -0.25) is 4.79 Å². The van der Waals surface area contributed by atoms with Gasteiger partial charge < -0.3 is 18.9 Å². The molecule has 0 N–H and O–H groups in total. The number of carbonyl (C=O) groups excluding carboxylic acids is 4. The van der Waals surface area contributed by atoms with E-state index in [-0.39, 0.29) is 17.5 Å². The molecule has 2 heterocycles. The molecule has 0 atom stereocenters. The summed E-state index contributed by atoms with van der Waals surface area (Å²) in [5.41, 5.74) is 2.62. The number of hydrogen-bond donors (Lipinski definition) is 0. The molecule has 0 aliphatic carbocycles. The minimum absolute atomic E-state index is 0.00161. The molecule has 0 unspecified atom stereocenters. The summed E-state index contributed by atoms with van der Waals surface area (Å²) in [6.45, 7) is 12.2. The first-order valence-electron chi connectivity index (χ1n) is 12.3. The van der Waals surface area contributed by atoms with E-state index >= 15 is 0 Å². The van der Waals surface area contributed by atoms with E-state index in [1.807, 2.05) is 44.2 Å². The zero-order valence-electron chi connectivity index (χ0n) is 21.8. The van der Waals surface area contributed by atoms with Crippen LogP contribution in [0.1, 0.15) is 56.0 Å². The molecule has 0 aromatic heterocycles. The number of fused-ring (bicyclic) bond motifs is 2. The largest absolute Gasteiger partial charge is 0.458 e. The normalized spacial score (nSPS) is 14.3. The molecule has 2 aliphatic heterocycles. The summed E-state index contributed by atoms with van der Waals surface area (Å²) in [6.07, 6.45) is 3.51. The lowest BCUT2D eigenvalue weighted by Gasteiger charge is -2.26. The summed E-state index contributed by atoms with van der Waals surface area (Å²) in [5.74, 6) is -0.844. The first-order chi connectivity index (χ1) is 19.0. The standard InChI is InChI=1S/C32H24O8/c1-18(5-6-19(2)37-23-11-13-25-20(15-23)16-28(33)39-29(25)34)32(3,4)21-7-9-22(10-8-21)38-24-12-14-26-27(17-24)31(36)40-30(26)35/h5-15,17H,1-2,16H2,3-4H3/b6-5-. The van der Waals surface area contributed by atoms with Gasteiger partial charge in [0.1, 0.15) is 23.0 Å². The Hall–Kier alpha value is -5.24. The topological polar surface area (TPSA) is 105 Å². The van der Waals surface area contributed by atoms with Gasteiger partial charge in [-0.15, -0.1) is 0 Å². The van der Waals surface area contributed by atoms with Crippen molar-refractivity contribution in [2.45, 2.75) is 25.7 Å². The maximum Gasteiger partial charge on any atom is 0.347 e. The Morgan fingerprint density at radius 2 is 1.38 bits per heavy atom. The van der Waals surface area contributed by atoms with E-state index < -0.39 is 29.3 Å². The predicted molar refractivity (Wildman–Crippen MR) is 144 cm³/mol. The highest BCUT2D eigenvalue weighted by Crippen LogP contribution is 2.34. The number of ether oxygens (including phenoxy) is 4. The highest BCUT2D eigenvalue weighted by atomic mass is 16.6. The molecule has 8 nitrogen and oxygen atoms in total. The number of hydrogen-bond acceptors (Lipinski definition) is 8. The van der Waals surface area contributed by atoms with Gasteiger partial charge in [-0.2, -0.15) is 0 Å². The Morgan fingerprint density at radius 1 is 0.750 bits per heavy atom. The number of carbonyl (C=O) groups is 4. The van der Waals surface area contributed by atoms with Crippen molar-refractivity contribution < 1.29 is 38.1 Å². The molecule has 40 heavy (non-hydrogen) atoms. The first kappa shape index (κ1) is 26.4. The van der Waals surface area contributed by atoms with Gasteiger partial charge >= 0.3 is 23.9 Å². The molecule has 200 valence electrons. The van der Waals surface area contributed by atoms with Crippen molar-refractivity contribution in [3.05, 3.63) is 125 Å². The maximum absolute atomic E-state index is 11.8. The Morgan fingerprint density at radius 3 is 2.12 bits per heavy atom. The van der Waals surface area contributed by atoms with Gasteiger partial charge in [0, 0.05) is 5.41 Å². The number of allylic oxidation sites excluding steroid dienone is 3. The van der Waals surface area contributed by atoms with Gasteiger partial charge in [-0.25, -0.2) is 14.4 Å². The Bertz CT molecular complexity index is 1640. The lowest BCUT2D eigenvalue weighted by molar-refractivity contribution is -0.137. The van der Waals surface area contributed by atoms with Crippen LogP contribution < -0.4 is 9.47 Å². The maximum atomic E-state index is 11.8. The number of esters is 4. The van der Waals surface area contributed by atoms with Gasteiger partial charge in [0.05, 0.1) is 23.1 Å². The second-order valence-corrected chi connectivity index (χ2v) is 9.82. The Balaban J connectivity index is 1.22. The summed E-state index contributed by atoms with van der Waals surface area (Å²) in [5, 5.41) is 0. The molecule has 0 bridgehead atoms. The lowest BCUT2D eigenvalue weighted by atomic mass is 9.78. The first-order valence-corrected chi connectivity index (χ1v) is 12.3. The third kappa shape index (κ3) is 5.19. The summed E-state index contributed by atoms with van der Waals surface area (Å²) < 4.78 is 20.9. The minimum Gasteiger partial charge on any atom is -0.458 e. The molecular formula is C32H24O8. The van der Waals surface area contributed by atoms with E-state index in [2.05, 4.69) is 22.6 Å². The molecule has 0 fully saturated rings. The SMILES string of the molecule is C=C(/C=C\C(=C)C(C)(C)c1ccc(Oc2ccc3c(c2)C(=O)OC3=O)cc1)Oc1ccc2c(c1)CC(=O)OC2=O. The van der Waals surface area contributed by atoms with Crippen LogP contribution in [0.4, 0.5) is 0 Å². The highest BCUT2D eigenvalue weighted by molar-refractivity contribution is 6.14. The molecule has 8 heteroatoms. The van der Waals surface area contributed by atoms with Crippen LogP contribution in [0.5, 0.6) is 17.2 Å². The molecule has 0 amide bonds. The summed E-state index contributed by atoms with van der Waals surface area (Å²) >= 11 is 0. The third-order valence-electron chi connectivity index (χ3n) is 6.79. The minimum atomic E-state index is -0.687. The summed E-state index contributed by atoms with van der Waals surface area (Å²) in [6, 6.07) is 16.9. The average molecular weight is 537 g/mol. The summed E-state index contributed by atoms with van der Waals surface area (Å²) in [4.78, 5) is 46.8. The summed E-state index contributed by atoms with van der Waals surface area (Å²) in [7, 11) is 0. The fourth-order valence-electron chi connectivity index (χ4n) is 4.31. The van der Waals surface area contributed by atoms with E-state index in [0.717, 1.165) is 11.1 Å². The fourth-order valence-corrected chi connectivity index (χ4v) is 4.31. The van der Waals surface area contributed by atoms with Crippen LogP contribution >= 0.6 is 0 Å². The Kier molecular flexibility index (Phi) is 6.69. The zero-order chi connectivity index (χ0) is 28.6. The molecular weight excluding hydrogens is 512 g/mol.